The number of nitrogens with zero attached hydrogens (tertiary/aromatic N) is 1. The predicted molar refractivity (Wildman–Crippen MR) is 109 cm³/mol. The number of piperidine rings is 1. The summed E-state index contributed by atoms with van der Waals surface area (Å²) in [6.07, 6.45) is 3.19. The van der Waals surface area contributed by atoms with E-state index in [4.69, 9.17) is 9.47 Å². The maximum absolute atomic E-state index is 9.38. The first-order valence-corrected chi connectivity index (χ1v) is 10.2. The quantitative estimate of drug-likeness (QED) is 0.839. The lowest BCUT2D eigenvalue weighted by Crippen LogP contribution is -2.48. The fourth-order valence-electron chi connectivity index (χ4n) is 4.71. The monoisotopic (exact) mass is 376 g/mol. The maximum Gasteiger partial charge on any atom is 0.123 e. The van der Waals surface area contributed by atoms with Gasteiger partial charge in [0.05, 0.1) is 36.0 Å². The summed E-state index contributed by atoms with van der Waals surface area (Å²) in [5.41, 5.74) is 2.85. The minimum atomic E-state index is -0.206. The van der Waals surface area contributed by atoms with Crippen LogP contribution in [0.15, 0.2) is 48.5 Å². The molecule has 4 nitrogen and oxygen atoms in total. The molecule has 4 rings (SSSR count). The number of benzene rings is 2. The smallest absolute Gasteiger partial charge is 0.123 e. The number of hydrogen-bond acceptors (Lipinski definition) is 4. The molecule has 2 heterocycles. The molecule has 1 N–H and O–H groups in total. The van der Waals surface area contributed by atoms with Gasteiger partial charge in [-0.1, -0.05) is 30.3 Å². The van der Waals surface area contributed by atoms with E-state index in [-0.39, 0.29) is 23.7 Å². The Morgan fingerprint density at radius 3 is 2.79 bits per heavy atom. The molecule has 3 atom stereocenters. The Labute approximate surface area is 167 Å². The average Bonchev–Trinajstić information content (AvgIpc) is 3.13. The van der Waals surface area contributed by atoms with Gasteiger partial charge in [0, 0.05) is 11.5 Å². The van der Waals surface area contributed by atoms with Crippen LogP contribution < -0.4 is 10.1 Å². The molecule has 0 amide bonds. The van der Waals surface area contributed by atoms with Crippen LogP contribution in [0.4, 0.5) is 0 Å². The minimum Gasteiger partial charge on any atom is -0.491 e. The second-order valence-corrected chi connectivity index (χ2v) is 8.21. The van der Waals surface area contributed by atoms with Crippen LogP contribution in [0.25, 0.3) is 0 Å². The summed E-state index contributed by atoms with van der Waals surface area (Å²) in [5, 5.41) is 13.1. The van der Waals surface area contributed by atoms with Crippen molar-refractivity contribution in [2.45, 2.75) is 56.8 Å². The zero-order valence-electron chi connectivity index (χ0n) is 16.7. The van der Waals surface area contributed by atoms with Crippen molar-refractivity contribution < 1.29 is 9.47 Å². The number of nitrogens with one attached hydrogen (secondary N) is 1. The van der Waals surface area contributed by atoms with Crippen molar-refractivity contribution in [2.75, 3.05) is 13.2 Å². The molecule has 2 aliphatic heterocycles. The standard InChI is InChI=1S/C24H28N2O2/c1-17(2)28-22-10-9-18(15-25)13-21(22)20-14-24(27-16-20)11-6-12-26-23(24)19-7-4-3-5-8-19/h3-5,7-10,13,17,20,23,26H,6,11-12,14,16H2,1-2H3/t20-,23-,24+/m0/s1. The molecule has 2 saturated heterocycles. The molecule has 2 aromatic rings. The third-order valence-electron chi connectivity index (χ3n) is 5.89. The van der Waals surface area contributed by atoms with Crippen LogP contribution in [0.2, 0.25) is 0 Å². The van der Waals surface area contributed by atoms with Crippen molar-refractivity contribution in [3.8, 4) is 11.8 Å². The molecule has 0 bridgehead atoms. The average molecular weight is 376 g/mol. The van der Waals surface area contributed by atoms with E-state index in [9.17, 15) is 5.26 Å². The molecule has 2 aliphatic rings. The second kappa shape index (κ2) is 7.95. The van der Waals surface area contributed by atoms with E-state index in [1.807, 2.05) is 32.0 Å². The molecule has 2 aromatic carbocycles. The predicted octanol–water partition coefficient (Wildman–Crippen LogP) is 4.71. The van der Waals surface area contributed by atoms with Gasteiger partial charge in [-0.15, -0.1) is 0 Å². The first-order chi connectivity index (χ1) is 13.6. The molecule has 4 heteroatoms. The normalized spacial score (nSPS) is 27.1. The van der Waals surface area contributed by atoms with Crippen LogP contribution in [0, 0.1) is 11.3 Å². The lowest BCUT2D eigenvalue weighted by Gasteiger charge is -2.41. The lowest BCUT2D eigenvalue weighted by atomic mass is 9.76. The molecule has 146 valence electrons. The van der Waals surface area contributed by atoms with Gasteiger partial charge in [0.2, 0.25) is 0 Å². The van der Waals surface area contributed by atoms with Crippen molar-refractivity contribution >= 4 is 0 Å². The van der Waals surface area contributed by atoms with Crippen LogP contribution in [0.3, 0.4) is 0 Å². The lowest BCUT2D eigenvalue weighted by molar-refractivity contribution is -0.0484. The number of ether oxygens (including phenoxy) is 2. The fourth-order valence-corrected chi connectivity index (χ4v) is 4.71. The third-order valence-corrected chi connectivity index (χ3v) is 5.89. The second-order valence-electron chi connectivity index (χ2n) is 8.21. The van der Waals surface area contributed by atoms with Crippen LogP contribution >= 0.6 is 0 Å². The van der Waals surface area contributed by atoms with Gasteiger partial charge in [-0.2, -0.15) is 5.26 Å². The van der Waals surface area contributed by atoms with E-state index in [1.165, 1.54) is 5.56 Å². The van der Waals surface area contributed by atoms with E-state index >= 15 is 0 Å². The van der Waals surface area contributed by atoms with Crippen LogP contribution in [-0.4, -0.2) is 24.9 Å². The van der Waals surface area contributed by atoms with E-state index in [1.54, 1.807) is 0 Å². The molecule has 0 radical (unpaired) electrons. The summed E-state index contributed by atoms with van der Waals surface area (Å²) >= 11 is 0. The Hall–Kier alpha value is -2.35. The molecule has 28 heavy (non-hydrogen) atoms. The first kappa shape index (κ1) is 19.0. The Balaban J connectivity index is 1.65. The highest BCUT2D eigenvalue weighted by atomic mass is 16.5. The number of nitriles is 1. The summed E-state index contributed by atoms with van der Waals surface area (Å²) in [6, 6.07) is 18.8. The molecule has 0 saturated carbocycles. The molecule has 1 spiro atoms. The van der Waals surface area contributed by atoms with Gasteiger partial charge in [0.1, 0.15) is 5.75 Å². The Morgan fingerprint density at radius 1 is 1.21 bits per heavy atom. The van der Waals surface area contributed by atoms with Crippen LogP contribution in [-0.2, 0) is 4.74 Å². The van der Waals surface area contributed by atoms with Crippen molar-refractivity contribution in [1.82, 2.24) is 5.32 Å². The summed E-state index contributed by atoms with van der Waals surface area (Å²) in [5.74, 6) is 1.10. The van der Waals surface area contributed by atoms with E-state index < -0.39 is 0 Å². The number of hydrogen-bond donors (Lipinski definition) is 1. The van der Waals surface area contributed by atoms with Crippen molar-refractivity contribution in [3.05, 3.63) is 65.2 Å². The van der Waals surface area contributed by atoms with Crippen LogP contribution in [0.1, 0.15) is 61.8 Å². The molecule has 2 fully saturated rings. The van der Waals surface area contributed by atoms with Gasteiger partial charge < -0.3 is 14.8 Å². The summed E-state index contributed by atoms with van der Waals surface area (Å²) in [7, 11) is 0. The number of rotatable bonds is 4. The summed E-state index contributed by atoms with van der Waals surface area (Å²) in [4.78, 5) is 0. The minimum absolute atomic E-state index is 0.0939. The van der Waals surface area contributed by atoms with Crippen molar-refractivity contribution in [3.63, 3.8) is 0 Å². The van der Waals surface area contributed by atoms with Gasteiger partial charge in [-0.25, -0.2) is 0 Å². The highest BCUT2D eigenvalue weighted by molar-refractivity contribution is 5.45. The largest absolute Gasteiger partial charge is 0.491 e. The molecule has 0 unspecified atom stereocenters. The highest BCUT2D eigenvalue weighted by Gasteiger charge is 2.49. The first-order valence-electron chi connectivity index (χ1n) is 10.2. The highest BCUT2D eigenvalue weighted by Crippen LogP contribution is 2.49. The van der Waals surface area contributed by atoms with Gasteiger partial charge in [-0.3, -0.25) is 0 Å². The Bertz CT molecular complexity index is 859. The molecule has 0 aromatic heterocycles. The van der Waals surface area contributed by atoms with Crippen LogP contribution in [0.5, 0.6) is 5.75 Å². The van der Waals surface area contributed by atoms with Crippen molar-refractivity contribution in [2.24, 2.45) is 0 Å². The van der Waals surface area contributed by atoms with E-state index in [0.29, 0.717) is 12.2 Å². The Morgan fingerprint density at radius 2 is 2.04 bits per heavy atom. The van der Waals surface area contributed by atoms with E-state index in [2.05, 4.69) is 41.7 Å². The van der Waals surface area contributed by atoms with Gasteiger partial charge in [0.15, 0.2) is 0 Å². The molecular formula is C24H28N2O2. The SMILES string of the molecule is CC(C)Oc1ccc(C#N)cc1[C@@H]1CO[C@]2(CCCN[C@H]2c2ccccc2)C1. The molecular weight excluding hydrogens is 348 g/mol. The van der Waals surface area contributed by atoms with Gasteiger partial charge >= 0.3 is 0 Å². The maximum atomic E-state index is 9.38. The van der Waals surface area contributed by atoms with Crippen molar-refractivity contribution in [1.29, 1.82) is 5.26 Å². The van der Waals surface area contributed by atoms with Gasteiger partial charge in [-0.05, 0) is 63.4 Å². The summed E-state index contributed by atoms with van der Waals surface area (Å²) < 4.78 is 12.6. The topological polar surface area (TPSA) is 54.3 Å². The third kappa shape index (κ3) is 3.65. The van der Waals surface area contributed by atoms with Gasteiger partial charge in [0.25, 0.3) is 0 Å². The Kier molecular flexibility index (Phi) is 5.39. The van der Waals surface area contributed by atoms with E-state index in [0.717, 1.165) is 37.1 Å². The zero-order chi connectivity index (χ0) is 19.6. The zero-order valence-corrected chi connectivity index (χ0v) is 16.7. The fraction of sp³-hybridized carbons (Fsp3) is 0.458. The summed E-state index contributed by atoms with van der Waals surface area (Å²) in [6.45, 7) is 5.74. The molecule has 0 aliphatic carbocycles.